The molecule has 1 N–H and O–H groups in total. The van der Waals surface area contributed by atoms with Crippen LogP contribution >= 0.6 is 0 Å². The third kappa shape index (κ3) is 6.60. The Morgan fingerprint density at radius 3 is 2.05 bits per heavy atom. The standard InChI is InChI=1S/C36H36N3O.Pt/c1-35(2,3)26-23-29(34(40)30(24-26)36(4,5)6)32-19-13-18-31(38-32)25-14-12-17-28(22-25)39(27-15-8-7-9-16-27)33-20-10-11-21-37-33;/h7-21,23-24,40H,1-6H3;/q-1;. The predicted molar refractivity (Wildman–Crippen MR) is 165 cm³/mol. The topological polar surface area (TPSA) is 49.2 Å². The Balaban J connectivity index is 0.00000387. The van der Waals surface area contributed by atoms with Gasteiger partial charge in [0.15, 0.2) is 0 Å². The summed E-state index contributed by atoms with van der Waals surface area (Å²) in [6.07, 6.45) is 1.80. The number of hydrogen-bond acceptors (Lipinski definition) is 4. The number of anilines is 3. The smallest absolute Gasteiger partial charge is 0.136 e. The summed E-state index contributed by atoms with van der Waals surface area (Å²) in [4.78, 5) is 11.7. The molecule has 5 heteroatoms. The molecule has 0 spiro atoms. The number of nitrogens with zero attached hydrogens (tertiary/aromatic N) is 3. The molecule has 2 aromatic heterocycles. The molecule has 0 unspecified atom stereocenters. The van der Waals surface area contributed by atoms with Crippen molar-refractivity contribution in [1.82, 2.24) is 9.97 Å². The van der Waals surface area contributed by atoms with Gasteiger partial charge >= 0.3 is 0 Å². The van der Waals surface area contributed by atoms with Crippen molar-refractivity contribution in [2.45, 2.75) is 52.4 Å². The largest absolute Gasteiger partial charge is 0.507 e. The van der Waals surface area contributed by atoms with E-state index in [1.54, 1.807) is 6.20 Å². The molecule has 4 nitrogen and oxygen atoms in total. The molecule has 3 aromatic carbocycles. The van der Waals surface area contributed by atoms with Crippen LogP contribution in [0.1, 0.15) is 52.7 Å². The molecular weight excluding hydrogens is 685 g/mol. The average Bonchev–Trinajstić information content (AvgIpc) is 2.93. The van der Waals surface area contributed by atoms with Gasteiger partial charge in [-0.15, -0.1) is 29.8 Å². The normalized spacial score (nSPS) is 11.6. The Morgan fingerprint density at radius 2 is 1.39 bits per heavy atom. The summed E-state index contributed by atoms with van der Waals surface area (Å²) in [7, 11) is 0. The maximum absolute atomic E-state index is 11.4. The first-order chi connectivity index (χ1) is 19.0. The maximum atomic E-state index is 11.4. The minimum absolute atomic E-state index is 0. The van der Waals surface area contributed by atoms with Crippen molar-refractivity contribution in [3.8, 4) is 28.3 Å². The minimum Gasteiger partial charge on any atom is -0.507 e. The van der Waals surface area contributed by atoms with Gasteiger partial charge in [0.2, 0.25) is 0 Å². The van der Waals surface area contributed by atoms with Crippen molar-refractivity contribution in [2.75, 3.05) is 4.90 Å². The minimum atomic E-state index is -0.216. The van der Waals surface area contributed by atoms with Crippen LogP contribution in [0.3, 0.4) is 0 Å². The molecule has 5 rings (SSSR count). The molecule has 0 aliphatic rings. The molecule has 0 aliphatic carbocycles. The van der Waals surface area contributed by atoms with E-state index in [0.29, 0.717) is 0 Å². The number of benzene rings is 3. The number of aromatic nitrogens is 2. The second kappa shape index (κ2) is 12.0. The van der Waals surface area contributed by atoms with Gasteiger partial charge in [-0.3, -0.25) is 4.98 Å². The summed E-state index contributed by atoms with van der Waals surface area (Å²) in [5, 5.41) is 11.4. The maximum Gasteiger partial charge on any atom is 0.136 e. The molecular formula is C36H36N3OPt-. The van der Waals surface area contributed by atoms with Gasteiger partial charge in [0.1, 0.15) is 11.6 Å². The molecule has 0 aliphatic heterocycles. The van der Waals surface area contributed by atoms with Crippen molar-refractivity contribution in [1.29, 1.82) is 0 Å². The number of aromatic hydroxyl groups is 1. The Bertz CT molecular complexity index is 1580. The van der Waals surface area contributed by atoms with E-state index in [4.69, 9.17) is 4.98 Å². The average molecular weight is 722 g/mol. The van der Waals surface area contributed by atoms with E-state index in [1.807, 2.05) is 72.8 Å². The van der Waals surface area contributed by atoms with E-state index in [9.17, 15) is 5.11 Å². The first kappa shape index (κ1) is 30.2. The molecule has 0 saturated heterocycles. The third-order valence-electron chi connectivity index (χ3n) is 7.00. The Morgan fingerprint density at radius 1 is 0.707 bits per heavy atom. The molecule has 0 saturated carbocycles. The van der Waals surface area contributed by atoms with Crippen LogP contribution in [-0.4, -0.2) is 15.1 Å². The Labute approximate surface area is 258 Å². The van der Waals surface area contributed by atoms with Crippen LogP contribution in [0.4, 0.5) is 17.2 Å². The summed E-state index contributed by atoms with van der Waals surface area (Å²) in [5.74, 6) is 1.09. The van der Waals surface area contributed by atoms with Crippen LogP contribution in [0, 0.1) is 6.07 Å². The third-order valence-corrected chi connectivity index (χ3v) is 7.00. The zero-order valence-electron chi connectivity index (χ0n) is 24.4. The van der Waals surface area contributed by atoms with Gasteiger partial charge in [-0.25, -0.2) is 4.98 Å². The molecule has 0 radical (unpaired) electrons. The first-order valence-electron chi connectivity index (χ1n) is 13.7. The SMILES string of the molecule is CC(C)(C)c1cc(-c2cccc(-c3[c-]c(N(c4ccccc4)c4ccccn4)ccc3)n2)c(O)c(C(C)(C)C)c1.[Pt]. The molecule has 0 atom stereocenters. The van der Waals surface area contributed by atoms with Gasteiger partial charge in [-0.05, 0) is 64.2 Å². The van der Waals surface area contributed by atoms with Gasteiger partial charge in [0.25, 0.3) is 0 Å². The molecule has 0 bridgehead atoms. The van der Waals surface area contributed by atoms with Crippen molar-refractivity contribution in [3.63, 3.8) is 0 Å². The number of phenols is 1. The van der Waals surface area contributed by atoms with Gasteiger partial charge < -0.3 is 10.0 Å². The van der Waals surface area contributed by atoms with Crippen LogP contribution < -0.4 is 4.90 Å². The molecule has 2 heterocycles. The van der Waals surface area contributed by atoms with Crippen LogP contribution in [-0.2, 0) is 31.9 Å². The van der Waals surface area contributed by atoms with Crippen molar-refractivity contribution >= 4 is 17.2 Å². The second-order valence-electron chi connectivity index (χ2n) is 12.1. The van der Waals surface area contributed by atoms with Crippen LogP contribution in [0.25, 0.3) is 22.5 Å². The van der Waals surface area contributed by atoms with E-state index in [0.717, 1.165) is 45.3 Å². The Kier molecular flexibility index (Phi) is 8.85. The van der Waals surface area contributed by atoms with E-state index in [1.165, 1.54) is 5.56 Å². The quantitative estimate of drug-likeness (QED) is 0.184. The van der Waals surface area contributed by atoms with Crippen LogP contribution in [0.15, 0.2) is 103 Å². The van der Waals surface area contributed by atoms with E-state index >= 15 is 0 Å². The fourth-order valence-corrected chi connectivity index (χ4v) is 4.76. The van der Waals surface area contributed by atoms with Gasteiger partial charge in [-0.2, -0.15) is 0 Å². The number of pyridine rings is 2. The van der Waals surface area contributed by atoms with Gasteiger partial charge in [0.05, 0.1) is 5.69 Å². The molecule has 212 valence electrons. The fraction of sp³-hybridized carbons (Fsp3) is 0.222. The van der Waals surface area contributed by atoms with E-state index < -0.39 is 0 Å². The summed E-state index contributed by atoms with van der Waals surface area (Å²) in [5.41, 5.74) is 6.78. The monoisotopic (exact) mass is 721 g/mol. The molecule has 41 heavy (non-hydrogen) atoms. The number of rotatable bonds is 5. The van der Waals surface area contributed by atoms with E-state index in [-0.39, 0.29) is 37.6 Å². The van der Waals surface area contributed by atoms with Gasteiger partial charge in [0, 0.05) is 44.1 Å². The molecule has 5 aromatic rings. The number of phenolic OH excluding ortho intramolecular Hbond substituents is 1. The zero-order chi connectivity index (χ0) is 28.5. The summed E-state index contributed by atoms with van der Waals surface area (Å²) < 4.78 is 0. The second-order valence-corrected chi connectivity index (χ2v) is 12.1. The van der Waals surface area contributed by atoms with Crippen molar-refractivity contribution < 1.29 is 26.2 Å². The summed E-state index contributed by atoms with van der Waals surface area (Å²) in [6.45, 7) is 13.0. The predicted octanol–water partition coefficient (Wildman–Crippen LogP) is 9.38. The number of hydrogen-bond donors (Lipinski definition) is 1. The van der Waals surface area contributed by atoms with Crippen LogP contribution in [0.5, 0.6) is 5.75 Å². The van der Waals surface area contributed by atoms with Crippen LogP contribution in [0.2, 0.25) is 0 Å². The zero-order valence-corrected chi connectivity index (χ0v) is 26.7. The Hall–Kier alpha value is -3.75. The van der Waals surface area contributed by atoms with E-state index in [2.05, 4.69) is 81.8 Å². The van der Waals surface area contributed by atoms with Crippen molar-refractivity contribution in [3.05, 3.63) is 120 Å². The van der Waals surface area contributed by atoms with Crippen molar-refractivity contribution in [2.24, 2.45) is 0 Å². The summed E-state index contributed by atoms with van der Waals surface area (Å²) in [6, 6.07) is 35.9. The number of para-hydroxylation sites is 1. The molecule has 0 amide bonds. The summed E-state index contributed by atoms with van der Waals surface area (Å²) >= 11 is 0. The molecule has 0 fully saturated rings. The van der Waals surface area contributed by atoms with Gasteiger partial charge in [-0.1, -0.05) is 84.0 Å². The first-order valence-corrected chi connectivity index (χ1v) is 13.7. The fourth-order valence-electron chi connectivity index (χ4n) is 4.76.